The topological polar surface area (TPSA) is 29.5 Å². The first kappa shape index (κ1) is 8.52. The zero-order valence-electron chi connectivity index (χ0n) is 7.86. The highest BCUT2D eigenvalue weighted by Gasteiger charge is 2.44. The standard InChI is InChI=1S/C10H18O2/c1-6-3-4-8-7(2)5-12-10(11)9(6)8/h6-11H,3-5H2,1-2H3/t6-,7+,8+,9+,10?/m0/s1. The van der Waals surface area contributed by atoms with Crippen molar-refractivity contribution in [3.05, 3.63) is 0 Å². The normalized spacial score (nSPS) is 53.8. The van der Waals surface area contributed by atoms with Crippen LogP contribution in [0.1, 0.15) is 26.7 Å². The third-order valence-corrected chi connectivity index (χ3v) is 3.70. The Morgan fingerprint density at radius 1 is 1.17 bits per heavy atom. The van der Waals surface area contributed by atoms with Gasteiger partial charge < -0.3 is 9.84 Å². The zero-order valence-corrected chi connectivity index (χ0v) is 7.86. The Balaban J connectivity index is 2.13. The van der Waals surface area contributed by atoms with Crippen LogP contribution in [0.15, 0.2) is 0 Å². The summed E-state index contributed by atoms with van der Waals surface area (Å²) in [5.41, 5.74) is 0. The summed E-state index contributed by atoms with van der Waals surface area (Å²) in [5, 5.41) is 9.65. The van der Waals surface area contributed by atoms with E-state index >= 15 is 0 Å². The van der Waals surface area contributed by atoms with Gasteiger partial charge in [-0.3, -0.25) is 0 Å². The molecule has 2 fully saturated rings. The van der Waals surface area contributed by atoms with E-state index in [0.717, 1.165) is 6.61 Å². The van der Waals surface area contributed by atoms with E-state index in [0.29, 0.717) is 23.7 Å². The summed E-state index contributed by atoms with van der Waals surface area (Å²) in [4.78, 5) is 0. The van der Waals surface area contributed by atoms with Gasteiger partial charge in [0.2, 0.25) is 0 Å². The van der Waals surface area contributed by atoms with Gasteiger partial charge >= 0.3 is 0 Å². The van der Waals surface area contributed by atoms with Crippen molar-refractivity contribution in [2.45, 2.75) is 33.0 Å². The third kappa shape index (κ3) is 1.17. The maximum absolute atomic E-state index is 9.65. The highest BCUT2D eigenvalue weighted by molar-refractivity contribution is 4.89. The number of hydrogen-bond acceptors (Lipinski definition) is 2. The second-order valence-electron chi connectivity index (χ2n) is 4.50. The number of rotatable bonds is 0. The van der Waals surface area contributed by atoms with Gasteiger partial charge in [0.05, 0.1) is 6.61 Å². The minimum Gasteiger partial charge on any atom is -0.368 e. The maximum Gasteiger partial charge on any atom is 0.157 e. The predicted octanol–water partition coefficient (Wildman–Crippen LogP) is 1.63. The molecule has 2 aliphatic rings. The molecule has 0 radical (unpaired) electrons. The quantitative estimate of drug-likeness (QED) is 0.598. The summed E-state index contributed by atoms with van der Waals surface area (Å²) < 4.78 is 5.33. The molecule has 1 saturated carbocycles. The van der Waals surface area contributed by atoms with Crippen LogP contribution in [0.25, 0.3) is 0 Å². The number of aliphatic hydroxyl groups is 1. The van der Waals surface area contributed by atoms with Crippen molar-refractivity contribution in [3.63, 3.8) is 0 Å². The number of ether oxygens (including phenoxy) is 1. The van der Waals surface area contributed by atoms with E-state index in [2.05, 4.69) is 13.8 Å². The second kappa shape index (κ2) is 3.00. The molecule has 0 aromatic rings. The van der Waals surface area contributed by atoms with Gasteiger partial charge in [0.25, 0.3) is 0 Å². The molecule has 0 aromatic heterocycles. The lowest BCUT2D eigenvalue weighted by Crippen LogP contribution is -2.40. The van der Waals surface area contributed by atoms with Crippen LogP contribution >= 0.6 is 0 Å². The lowest BCUT2D eigenvalue weighted by molar-refractivity contribution is -0.195. The fraction of sp³-hybridized carbons (Fsp3) is 1.00. The van der Waals surface area contributed by atoms with E-state index < -0.39 is 6.29 Å². The molecule has 1 aliphatic carbocycles. The Kier molecular flexibility index (Phi) is 2.13. The molecule has 1 aliphatic heterocycles. The van der Waals surface area contributed by atoms with Crippen LogP contribution in [0, 0.1) is 23.7 Å². The van der Waals surface area contributed by atoms with Crippen molar-refractivity contribution in [1.29, 1.82) is 0 Å². The average molecular weight is 170 g/mol. The fourth-order valence-corrected chi connectivity index (χ4v) is 2.90. The SMILES string of the molecule is C[C@@H]1COC(O)[C@H]2[C@@H]1CC[C@@H]2C. The van der Waals surface area contributed by atoms with Gasteiger partial charge in [0.15, 0.2) is 6.29 Å². The Morgan fingerprint density at radius 3 is 2.58 bits per heavy atom. The first-order chi connectivity index (χ1) is 5.70. The summed E-state index contributed by atoms with van der Waals surface area (Å²) >= 11 is 0. The molecule has 70 valence electrons. The summed E-state index contributed by atoms with van der Waals surface area (Å²) in [6, 6.07) is 0. The molecule has 0 aromatic carbocycles. The molecule has 0 amide bonds. The molecule has 1 unspecified atom stereocenters. The lowest BCUT2D eigenvalue weighted by Gasteiger charge is -2.37. The molecule has 2 rings (SSSR count). The monoisotopic (exact) mass is 170 g/mol. The van der Waals surface area contributed by atoms with Crippen LogP contribution in [0.2, 0.25) is 0 Å². The summed E-state index contributed by atoms with van der Waals surface area (Å²) in [7, 11) is 0. The Hall–Kier alpha value is -0.0800. The number of aliphatic hydroxyl groups excluding tert-OH is 1. The van der Waals surface area contributed by atoms with E-state index in [4.69, 9.17) is 4.74 Å². The Labute approximate surface area is 73.9 Å². The first-order valence-electron chi connectivity index (χ1n) is 5.00. The predicted molar refractivity (Wildman–Crippen MR) is 46.5 cm³/mol. The van der Waals surface area contributed by atoms with Crippen LogP contribution in [0.3, 0.4) is 0 Å². The highest BCUT2D eigenvalue weighted by atomic mass is 16.6. The van der Waals surface area contributed by atoms with Gasteiger partial charge in [-0.2, -0.15) is 0 Å². The van der Waals surface area contributed by atoms with Crippen LogP contribution in [0.5, 0.6) is 0 Å². The van der Waals surface area contributed by atoms with E-state index in [9.17, 15) is 5.11 Å². The number of hydrogen-bond donors (Lipinski definition) is 1. The van der Waals surface area contributed by atoms with Gasteiger partial charge in [-0.05, 0) is 30.6 Å². The van der Waals surface area contributed by atoms with Crippen molar-refractivity contribution in [1.82, 2.24) is 0 Å². The zero-order chi connectivity index (χ0) is 8.72. The Bertz CT molecular complexity index is 169. The molecule has 1 N–H and O–H groups in total. The van der Waals surface area contributed by atoms with E-state index in [1.165, 1.54) is 12.8 Å². The van der Waals surface area contributed by atoms with Gasteiger partial charge in [-0.1, -0.05) is 13.8 Å². The molecular formula is C10H18O2. The van der Waals surface area contributed by atoms with Gasteiger partial charge in [0.1, 0.15) is 0 Å². The molecule has 12 heavy (non-hydrogen) atoms. The largest absolute Gasteiger partial charge is 0.368 e. The van der Waals surface area contributed by atoms with E-state index in [-0.39, 0.29) is 0 Å². The molecule has 0 spiro atoms. The third-order valence-electron chi connectivity index (χ3n) is 3.70. The lowest BCUT2D eigenvalue weighted by atomic mass is 9.80. The first-order valence-corrected chi connectivity index (χ1v) is 5.00. The van der Waals surface area contributed by atoms with Crippen LogP contribution in [0.4, 0.5) is 0 Å². The maximum atomic E-state index is 9.65. The smallest absolute Gasteiger partial charge is 0.157 e. The highest BCUT2D eigenvalue weighted by Crippen LogP contribution is 2.45. The second-order valence-corrected chi connectivity index (χ2v) is 4.50. The van der Waals surface area contributed by atoms with Crippen molar-refractivity contribution in [2.24, 2.45) is 23.7 Å². The van der Waals surface area contributed by atoms with Gasteiger partial charge in [-0.15, -0.1) is 0 Å². The molecule has 2 heteroatoms. The van der Waals surface area contributed by atoms with E-state index in [1.807, 2.05) is 0 Å². The molecule has 1 heterocycles. The molecule has 2 nitrogen and oxygen atoms in total. The summed E-state index contributed by atoms with van der Waals surface area (Å²) in [6.45, 7) is 5.21. The Morgan fingerprint density at radius 2 is 1.92 bits per heavy atom. The minimum atomic E-state index is -0.483. The molecule has 1 saturated heterocycles. The number of fused-ring (bicyclic) bond motifs is 1. The summed E-state index contributed by atoms with van der Waals surface area (Å²) in [6.07, 6.45) is 2.07. The van der Waals surface area contributed by atoms with Crippen molar-refractivity contribution in [2.75, 3.05) is 6.61 Å². The van der Waals surface area contributed by atoms with Crippen molar-refractivity contribution < 1.29 is 9.84 Å². The average Bonchev–Trinajstić information content (AvgIpc) is 2.42. The molecular weight excluding hydrogens is 152 g/mol. The van der Waals surface area contributed by atoms with Crippen molar-refractivity contribution in [3.8, 4) is 0 Å². The van der Waals surface area contributed by atoms with Gasteiger partial charge in [0, 0.05) is 5.92 Å². The summed E-state index contributed by atoms with van der Waals surface area (Å²) in [5.74, 6) is 2.41. The fourth-order valence-electron chi connectivity index (χ4n) is 2.90. The van der Waals surface area contributed by atoms with Crippen LogP contribution in [-0.4, -0.2) is 18.0 Å². The van der Waals surface area contributed by atoms with E-state index in [1.54, 1.807) is 0 Å². The van der Waals surface area contributed by atoms with Crippen LogP contribution < -0.4 is 0 Å². The molecule has 5 atom stereocenters. The van der Waals surface area contributed by atoms with Crippen LogP contribution in [-0.2, 0) is 4.74 Å². The minimum absolute atomic E-state index is 0.411. The van der Waals surface area contributed by atoms with Gasteiger partial charge in [-0.25, -0.2) is 0 Å². The van der Waals surface area contributed by atoms with Crippen molar-refractivity contribution >= 4 is 0 Å². The molecule has 0 bridgehead atoms.